The zero-order valence-corrected chi connectivity index (χ0v) is 17.4. The van der Waals surface area contributed by atoms with Gasteiger partial charge >= 0.3 is 12.0 Å². The Kier molecular flexibility index (Phi) is 5.68. The highest BCUT2D eigenvalue weighted by Gasteiger charge is 2.52. The molecule has 1 unspecified atom stereocenters. The smallest absolute Gasteiger partial charge is 0.327 e. The van der Waals surface area contributed by atoms with Crippen LogP contribution in [0.5, 0.6) is 0 Å². The SMILES string of the molecule is CC1CCC2(CC1)NC(=O)N(CC(=O)OC(C(=O)NC1CC1)c1ccc(F)cc1)C2=O. The van der Waals surface area contributed by atoms with Crippen molar-refractivity contribution in [3.8, 4) is 0 Å². The van der Waals surface area contributed by atoms with E-state index < -0.39 is 47.8 Å². The van der Waals surface area contributed by atoms with Gasteiger partial charge in [-0.15, -0.1) is 0 Å². The van der Waals surface area contributed by atoms with Crippen LogP contribution in [0.4, 0.5) is 9.18 Å². The van der Waals surface area contributed by atoms with Crippen LogP contribution < -0.4 is 10.6 Å². The number of carbonyl (C=O) groups is 4. The van der Waals surface area contributed by atoms with Gasteiger partial charge in [0.05, 0.1) is 0 Å². The molecule has 1 aromatic rings. The van der Waals surface area contributed by atoms with Crippen LogP contribution in [0.3, 0.4) is 0 Å². The first-order valence-electron chi connectivity index (χ1n) is 10.7. The zero-order chi connectivity index (χ0) is 22.2. The van der Waals surface area contributed by atoms with E-state index in [-0.39, 0.29) is 6.04 Å². The van der Waals surface area contributed by atoms with Gasteiger partial charge < -0.3 is 15.4 Å². The number of carbonyl (C=O) groups excluding carboxylic acids is 4. The van der Waals surface area contributed by atoms with Crippen LogP contribution in [0.2, 0.25) is 0 Å². The van der Waals surface area contributed by atoms with Gasteiger partial charge in [0.2, 0.25) is 6.10 Å². The summed E-state index contributed by atoms with van der Waals surface area (Å²) in [4.78, 5) is 51.4. The second kappa shape index (κ2) is 8.28. The summed E-state index contributed by atoms with van der Waals surface area (Å²) in [6, 6.07) is 4.49. The van der Waals surface area contributed by atoms with Gasteiger partial charge in [-0.05, 0) is 56.6 Å². The van der Waals surface area contributed by atoms with Gasteiger partial charge in [-0.25, -0.2) is 9.18 Å². The topological polar surface area (TPSA) is 105 Å². The Morgan fingerprint density at radius 3 is 2.45 bits per heavy atom. The maximum absolute atomic E-state index is 13.3. The summed E-state index contributed by atoms with van der Waals surface area (Å²) in [5.74, 6) is -1.83. The van der Waals surface area contributed by atoms with Crippen molar-refractivity contribution in [1.82, 2.24) is 15.5 Å². The highest BCUT2D eigenvalue weighted by atomic mass is 19.1. The van der Waals surface area contributed by atoms with Crippen molar-refractivity contribution in [3.05, 3.63) is 35.6 Å². The Labute approximate surface area is 179 Å². The van der Waals surface area contributed by atoms with Crippen molar-refractivity contribution in [2.45, 2.75) is 63.1 Å². The first kappa shape index (κ1) is 21.3. The molecule has 4 amide bonds. The lowest BCUT2D eigenvalue weighted by Crippen LogP contribution is -2.49. The van der Waals surface area contributed by atoms with Gasteiger partial charge in [0.25, 0.3) is 11.8 Å². The molecule has 1 saturated heterocycles. The first-order chi connectivity index (χ1) is 14.8. The van der Waals surface area contributed by atoms with Gasteiger partial charge in [-0.2, -0.15) is 0 Å². The number of nitrogens with one attached hydrogen (secondary N) is 2. The standard InChI is InChI=1S/C22H26FN3O5/c1-13-8-10-22(11-9-13)20(29)26(21(30)25-22)12-17(27)31-18(19(28)24-16-6-7-16)14-2-4-15(23)5-3-14/h2-5,13,16,18H,6-12H2,1H3,(H,24,28)(H,25,30). The number of hydrogen-bond donors (Lipinski definition) is 2. The summed E-state index contributed by atoms with van der Waals surface area (Å²) in [5, 5.41) is 5.52. The summed E-state index contributed by atoms with van der Waals surface area (Å²) in [5.41, 5.74) is -0.647. The Balaban J connectivity index is 1.44. The highest BCUT2D eigenvalue weighted by Crippen LogP contribution is 2.36. The minimum Gasteiger partial charge on any atom is -0.446 e. The van der Waals surface area contributed by atoms with Crippen molar-refractivity contribution in [2.24, 2.45) is 5.92 Å². The number of benzene rings is 1. The fraction of sp³-hybridized carbons (Fsp3) is 0.545. The number of esters is 1. The molecule has 8 nitrogen and oxygen atoms in total. The highest BCUT2D eigenvalue weighted by molar-refractivity contribution is 6.08. The van der Waals surface area contributed by atoms with E-state index in [1.165, 1.54) is 24.3 Å². The van der Waals surface area contributed by atoms with Gasteiger partial charge in [0.1, 0.15) is 17.9 Å². The van der Waals surface area contributed by atoms with Crippen molar-refractivity contribution in [1.29, 1.82) is 0 Å². The monoisotopic (exact) mass is 431 g/mol. The van der Waals surface area contributed by atoms with Crippen molar-refractivity contribution in [3.63, 3.8) is 0 Å². The van der Waals surface area contributed by atoms with E-state index in [2.05, 4.69) is 17.6 Å². The molecule has 4 rings (SSSR count). The lowest BCUT2D eigenvalue weighted by molar-refractivity contribution is -0.158. The number of imide groups is 1. The minimum atomic E-state index is -1.29. The molecule has 0 radical (unpaired) electrons. The van der Waals surface area contributed by atoms with E-state index in [4.69, 9.17) is 4.74 Å². The van der Waals surface area contributed by atoms with Crippen LogP contribution in [-0.4, -0.2) is 46.8 Å². The van der Waals surface area contributed by atoms with E-state index in [9.17, 15) is 23.6 Å². The molecule has 2 saturated carbocycles. The third-order valence-corrected chi connectivity index (χ3v) is 6.24. The van der Waals surface area contributed by atoms with E-state index in [0.717, 1.165) is 30.6 Å². The van der Waals surface area contributed by atoms with Crippen LogP contribution in [-0.2, 0) is 19.1 Å². The largest absolute Gasteiger partial charge is 0.446 e. The third kappa shape index (κ3) is 4.55. The molecule has 0 bridgehead atoms. The first-order valence-corrected chi connectivity index (χ1v) is 10.7. The fourth-order valence-electron chi connectivity index (χ4n) is 4.13. The summed E-state index contributed by atoms with van der Waals surface area (Å²) < 4.78 is 18.7. The molecule has 0 aromatic heterocycles. The molecule has 3 fully saturated rings. The second-order valence-electron chi connectivity index (χ2n) is 8.79. The average Bonchev–Trinajstić information content (AvgIpc) is 3.52. The molecule has 1 aromatic carbocycles. The number of rotatable bonds is 6. The summed E-state index contributed by atoms with van der Waals surface area (Å²) in [6.07, 6.45) is 3.10. The predicted molar refractivity (Wildman–Crippen MR) is 107 cm³/mol. The van der Waals surface area contributed by atoms with Crippen molar-refractivity contribution >= 4 is 23.8 Å². The average molecular weight is 431 g/mol. The Morgan fingerprint density at radius 1 is 1.19 bits per heavy atom. The van der Waals surface area contributed by atoms with Crippen LogP contribution in [0.25, 0.3) is 0 Å². The fourth-order valence-corrected chi connectivity index (χ4v) is 4.13. The molecule has 1 heterocycles. The maximum atomic E-state index is 13.3. The molecule has 2 aliphatic carbocycles. The van der Waals surface area contributed by atoms with Crippen LogP contribution in [0, 0.1) is 11.7 Å². The molecule has 1 aliphatic heterocycles. The van der Waals surface area contributed by atoms with Crippen molar-refractivity contribution in [2.75, 3.05) is 6.54 Å². The normalized spacial score (nSPS) is 26.5. The molecule has 1 spiro atoms. The van der Waals surface area contributed by atoms with Crippen LogP contribution in [0.1, 0.15) is 57.1 Å². The lowest BCUT2D eigenvalue weighted by atomic mass is 9.77. The van der Waals surface area contributed by atoms with E-state index >= 15 is 0 Å². The minimum absolute atomic E-state index is 0.0358. The van der Waals surface area contributed by atoms with Crippen LogP contribution in [0.15, 0.2) is 24.3 Å². The second-order valence-corrected chi connectivity index (χ2v) is 8.79. The molecule has 31 heavy (non-hydrogen) atoms. The van der Waals surface area contributed by atoms with Gasteiger partial charge in [-0.1, -0.05) is 19.1 Å². The quantitative estimate of drug-likeness (QED) is 0.531. The lowest BCUT2D eigenvalue weighted by Gasteiger charge is -2.33. The molecule has 2 N–H and O–H groups in total. The number of urea groups is 1. The summed E-state index contributed by atoms with van der Waals surface area (Å²) >= 11 is 0. The molecule has 9 heteroatoms. The number of nitrogens with zero attached hydrogens (tertiary/aromatic N) is 1. The number of halogens is 1. The Hall–Kier alpha value is -2.97. The van der Waals surface area contributed by atoms with Gasteiger partial charge in [0.15, 0.2) is 0 Å². The Bertz CT molecular complexity index is 891. The summed E-state index contributed by atoms with van der Waals surface area (Å²) in [6.45, 7) is 1.52. The molecule has 1 atom stereocenters. The zero-order valence-electron chi connectivity index (χ0n) is 17.4. The van der Waals surface area contributed by atoms with Crippen LogP contribution >= 0.6 is 0 Å². The number of amides is 4. The summed E-state index contributed by atoms with van der Waals surface area (Å²) in [7, 11) is 0. The maximum Gasteiger partial charge on any atom is 0.327 e. The van der Waals surface area contributed by atoms with E-state index in [1.807, 2.05) is 0 Å². The number of ether oxygens (including phenoxy) is 1. The van der Waals surface area contributed by atoms with E-state index in [1.54, 1.807) is 0 Å². The third-order valence-electron chi connectivity index (χ3n) is 6.24. The predicted octanol–water partition coefficient (Wildman–Crippen LogP) is 2.19. The van der Waals surface area contributed by atoms with Crippen molar-refractivity contribution < 1.29 is 28.3 Å². The van der Waals surface area contributed by atoms with Gasteiger partial charge in [0, 0.05) is 11.6 Å². The molecule has 3 aliphatic rings. The molecular weight excluding hydrogens is 405 g/mol. The van der Waals surface area contributed by atoms with E-state index in [0.29, 0.717) is 24.3 Å². The molecular formula is C22H26FN3O5. The Morgan fingerprint density at radius 2 is 1.84 bits per heavy atom. The molecule has 166 valence electrons. The van der Waals surface area contributed by atoms with Gasteiger partial charge in [-0.3, -0.25) is 19.3 Å². The number of hydrogen-bond acceptors (Lipinski definition) is 5.